The quantitative estimate of drug-likeness (QED) is 0.427. The van der Waals surface area contributed by atoms with Gasteiger partial charge in [-0.2, -0.15) is 0 Å². The van der Waals surface area contributed by atoms with E-state index >= 15 is 0 Å². The van der Waals surface area contributed by atoms with Gasteiger partial charge in [0.2, 0.25) is 0 Å². The molecule has 192 valence electrons. The fourth-order valence-electron chi connectivity index (χ4n) is 3.32. The minimum absolute atomic E-state index is 0.489. The number of carbonyl (C=O) groups is 4. The molecular weight excluding hydrogens is 484 g/mol. The molecule has 0 spiro atoms. The molecule has 2 heterocycles. The predicted molar refractivity (Wildman–Crippen MR) is 127 cm³/mol. The summed E-state index contributed by atoms with van der Waals surface area (Å²) >= 11 is 6.08. The molecule has 0 amide bonds. The van der Waals surface area contributed by atoms with Crippen LogP contribution in [-0.2, 0) is 19.2 Å². The van der Waals surface area contributed by atoms with Gasteiger partial charge in [0.15, 0.2) is 0 Å². The van der Waals surface area contributed by atoms with Gasteiger partial charge in [-0.05, 0) is 32.0 Å². The van der Waals surface area contributed by atoms with Crippen LogP contribution in [0.4, 0.5) is 0 Å². The van der Waals surface area contributed by atoms with E-state index in [1.807, 2.05) is 12.1 Å². The molecule has 2 aliphatic rings. The Kier molecular flexibility index (Phi) is 13.1. The summed E-state index contributed by atoms with van der Waals surface area (Å²) in [6, 6.07) is 6.58. The molecule has 1 unspecified atom stereocenters. The molecule has 0 aliphatic carbocycles. The minimum atomic E-state index is -1.26. The highest BCUT2D eigenvalue weighted by Gasteiger charge is 2.27. The van der Waals surface area contributed by atoms with Gasteiger partial charge in [0.1, 0.15) is 5.75 Å². The van der Waals surface area contributed by atoms with Gasteiger partial charge in [-0.3, -0.25) is 4.90 Å². The number of halogens is 1. The van der Waals surface area contributed by atoms with Crippen molar-refractivity contribution in [3.63, 3.8) is 0 Å². The molecule has 4 N–H and O–H groups in total. The number of likely N-dealkylation sites (N-methyl/N-ethyl adjacent to an activating group) is 1. The Morgan fingerprint density at radius 2 is 1.37 bits per heavy atom. The number of rotatable bonds is 5. The van der Waals surface area contributed by atoms with Crippen LogP contribution >= 0.6 is 11.6 Å². The number of piperazine rings is 1. The molecule has 0 bridgehead atoms. The summed E-state index contributed by atoms with van der Waals surface area (Å²) in [5, 5.41) is 32.0. The van der Waals surface area contributed by atoms with Crippen LogP contribution in [0.3, 0.4) is 0 Å². The molecule has 12 heteroatoms. The molecule has 0 radical (unpaired) electrons. The smallest absolute Gasteiger partial charge is 0.328 e. The highest BCUT2D eigenvalue weighted by atomic mass is 35.5. The third kappa shape index (κ3) is 12.6. The molecule has 2 aliphatic heterocycles. The lowest BCUT2D eigenvalue weighted by Gasteiger charge is -2.38. The summed E-state index contributed by atoms with van der Waals surface area (Å²) in [4.78, 5) is 43.2. The van der Waals surface area contributed by atoms with Crippen LogP contribution in [0.25, 0.3) is 0 Å². The molecule has 3 rings (SSSR count). The van der Waals surface area contributed by atoms with Crippen LogP contribution < -0.4 is 4.74 Å². The minimum Gasteiger partial charge on any atom is -0.493 e. The Balaban J connectivity index is 0.000000320. The van der Waals surface area contributed by atoms with E-state index in [1.165, 1.54) is 12.0 Å². The number of carboxylic acid groups (broad SMARTS) is 4. The van der Waals surface area contributed by atoms with Crippen molar-refractivity contribution in [2.75, 3.05) is 39.8 Å². The number of aliphatic carboxylic acids is 4. The molecule has 11 nitrogen and oxygen atoms in total. The Hall–Kier alpha value is -3.41. The number of benzene rings is 1. The average molecular weight is 513 g/mol. The molecule has 1 aromatic rings. The Labute approximate surface area is 207 Å². The van der Waals surface area contributed by atoms with Gasteiger partial charge in [0.05, 0.1) is 6.61 Å². The summed E-state index contributed by atoms with van der Waals surface area (Å²) in [6.07, 6.45) is 4.52. The van der Waals surface area contributed by atoms with Gasteiger partial charge in [-0.1, -0.05) is 17.7 Å². The fourth-order valence-corrected chi connectivity index (χ4v) is 3.48. The topological polar surface area (TPSA) is 165 Å². The summed E-state index contributed by atoms with van der Waals surface area (Å²) in [5.74, 6) is -4.05. The fraction of sp³-hybridized carbons (Fsp3) is 0.391. The van der Waals surface area contributed by atoms with E-state index in [2.05, 4.69) is 22.9 Å². The molecular formula is C23H29ClN2O9. The zero-order valence-electron chi connectivity index (χ0n) is 19.2. The van der Waals surface area contributed by atoms with Gasteiger partial charge in [0, 0.05) is 67.1 Å². The third-order valence-corrected chi connectivity index (χ3v) is 5.16. The molecule has 35 heavy (non-hydrogen) atoms. The second-order valence-corrected chi connectivity index (χ2v) is 7.98. The summed E-state index contributed by atoms with van der Waals surface area (Å²) < 4.78 is 5.85. The molecule has 1 aromatic carbocycles. The Morgan fingerprint density at radius 1 is 0.886 bits per heavy atom. The average Bonchev–Trinajstić information content (AvgIpc) is 3.00. The maximum absolute atomic E-state index is 9.55. The summed E-state index contributed by atoms with van der Waals surface area (Å²) in [6.45, 7) is 5.39. The van der Waals surface area contributed by atoms with Gasteiger partial charge in [-0.15, -0.1) is 0 Å². The van der Waals surface area contributed by atoms with Crippen LogP contribution in [-0.4, -0.2) is 93.9 Å². The number of nitrogens with zero attached hydrogens (tertiary/aromatic N) is 2. The van der Waals surface area contributed by atoms with Crippen LogP contribution in [0.5, 0.6) is 5.75 Å². The van der Waals surface area contributed by atoms with E-state index in [4.69, 9.17) is 36.8 Å². The van der Waals surface area contributed by atoms with Crippen LogP contribution in [0.2, 0.25) is 5.02 Å². The largest absolute Gasteiger partial charge is 0.493 e. The van der Waals surface area contributed by atoms with Gasteiger partial charge >= 0.3 is 23.9 Å². The van der Waals surface area contributed by atoms with E-state index in [-0.39, 0.29) is 0 Å². The van der Waals surface area contributed by atoms with Crippen molar-refractivity contribution in [3.05, 3.63) is 53.1 Å². The van der Waals surface area contributed by atoms with Crippen molar-refractivity contribution in [3.8, 4) is 5.75 Å². The number of hydrogen-bond acceptors (Lipinski definition) is 7. The third-order valence-electron chi connectivity index (χ3n) is 4.93. The second-order valence-electron chi connectivity index (χ2n) is 7.55. The van der Waals surface area contributed by atoms with Crippen LogP contribution in [0, 0.1) is 0 Å². The molecule has 0 aromatic heterocycles. The summed E-state index contributed by atoms with van der Waals surface area (Å²) in [7, 11) is 2.20. The van der Waals surface area contributed by atoms with Gasteiger partial charge in [-0.25, -0.2) is 19.2 Å². The van der Waals surface area contributed by atoms with Crippen molar-refractivity contribution in [1.29, 1.82) is 0 Å². The molecule has 1 fully saturated rings. The Bertz CT molecular complexity index is 875. The van der Waals surface area contributed by atoms with E-state index in [9.17, 15) is 19.2 Å². The predicted octanol–water partition coefficient (Wildman–Crippen LogP) is 2.22. The monoisotopic (exact) mass is 512 g/mol. The standard InChI is InChI=1S/C15H21ClN2O.2C4H4O4/c1-17-6-8-18(9-7-17)14-3-2-10-19-15-11-12(16)4-5-13(14)15;2*5-3(6)1-2-4(7)8/h4-5,11,14H,2-3,6-10H2,1H3;2*1-2H,(H,5,6)(H,7,8)/b;2*2-1+. The lowest BCUT2D eigenvalue weighted by atomic mass is 9.99. The van der Waals surface area contributed by atoms with Crippen molar-refractivity contribution >= 4 is 35.5 Å². The normalized spacial score (nSPS) is 18.2. The molecule has 0 saturated carbocycles. The molecule has 1 atom stereocenters. The first-order chi connectivity index (χ1) is 16.5. The molecule has 1 saturated heterocycles. The van der Waals surface area contributed by atoms with Crippen molar-refractivity contribution in [1.82, 2.24) is 9.80 Å². The first-order valence-corrected chi connectivity index (χ1v) is 11.0. The lowest BCUT2D eigenvalue weighted by Crippen LogP contribution is -2.45. The number of fused-ring (bicyclic) bond motifs is 1. The first-order valence-electron chi connectivity index (χ1n) is 10.6. The van der Waals surface area contributed by atoms with Gasteiger partial charge < -0.3 is 30.1 Å². The second kappa shape index (κ2) is 15.5. The zero-order chi connectivity index (χ0) is 26.4. The number of carboxylic acids is 4. The maximum Gasteiger partial charge on any atom is 0.328 e. The highest BCUT2D eigenvalue weighted by Crippen LogP contribution is 2.37. The summed E-state index contributed by atoms with van der Waals surface area (Å²) in [5.41, 5.74) is 1.31. The lowest BCUT2D eigenvalue weighted by molar-refractivity contribution is -0.134. The van der Waals surface area contributed by atoms with E-state index in [0.717, 1.165) is 50.0 Å². The SMILES string of the molecule is CN1CCN(C2CCCOc3cc(Cl)ccc32)CC1.O=C(O)/C=C/C(=O)O.O=C(O)/C=C/C(=O)O. The van der Waals surface area contributed by atoms with Crippen molar-refractivity contribution in [2.24, 2.45) is 0 Å². The zero-order valence-corrected chi connectivity index (χ0v) is 19.9. The highest BCUT2D eigenvalue weighted by molar-refractivity contribution is 6.30. The number of hydrogen-bond donors (Lipinski definition) is 4. The van der Waals surface area contributed by atoms with Crippen molar-refractivity contribution < 1.29 is 44.3 Å². The van der Waals surface area contributed by atoms with E-state index < -0.39 is 23.9 Å². The van der Waals surface area contributed by atoms with E-state index in [1.54, 1.807) is 0 Å². The number of ether oxygens (including phenoxy) is 1. The maximum atomic E-state index is 9.55. The first kappa shape index (κ1) is 29.6. The van der Waals surface area contributed by atoms with Crippen LogP contribution in [0.15, 0.2) is 42.5 Å². The van der Waals surface area contributed by atoms with Crippen LogP contribution in [0.1, 0.15) is 24.4 Å². The Morgan fingerprint density at radius 3 is 1.83 bits per heavy atom. The van der Waals surface area contributed by atoms with E-state index in [0.29, 0.717) is 30.3 Å². The van der Waals surface area contributed by atoms with Crippen molar-refractivity contribution in [2.45, 2.75) is 18.9 Å². The van der Waals surface area contributed by atoms with Gasteiger partial charge in [0.25, 0.3) is 0 Å².